The van der Waals surface area contributed by atoms with Crippen LogP contribution in [0, 0.1) is 12.3 Å². The van der Waals surface area contributed by atoms with E-state index in [0.717, 1.165) is 11.1 Å². The van der Waals surface area contributed by atoms with Gasteiger partial charge < -0.3 is 19.6 Å². The average Bonchev–Trinajstić information content (AvgIpc) is 2.57. The number of esters is 1. The van der Waals surface area contributed by atoms with E-state index in [4.69, 9.17) is 19.6 Å². The molecule has 0 unspecified atom stereocenters. The molecule has 0 fully saturated rings. The van der Waals surface area contributed by atoms with E-state index in [0.29, 0.717) is 23.9 Å². The van der Waals surface area contributed by atoms with Crippen LogP contribution in [0.3, 0.4) is 0 Å². The van der Waals surface area contributed by atoms with Gasteiger partial charge in [-0.05, 0) is 69.2 Å². The molecule has 0 aliphatic heterocycles. The molecule has 2 rings (SSSR count). The van der Waals surface area contributed by atoms with Gasteiger partial charge in [0.25, 0.3) is 0 Å². The van der Waals surface area contributed by atoms with E-state index in [1.165, 1.54) is 6.21 Å². The molecule has 0 bridgehead atoms. The van der Waals surface area contributed by atoms with E-state index < -0.39 is 11.6 Å². The molecule has 0 spiro atoms. The molecule has 0 aliphatic rings. The number of aryl methyl sites for hydroxylation is 1. The molecule has 0 saturated heterocycles. The highest BCUT2D eigenvalue weighted by atomic mass is 16.6. The molecule has 0 saturated carbocycles. The number of hydrogen-bond acceptors (Lipinski definition) is 5. The number of hydrogen-bond donors (Lipinski definition) is 1. The van der Waals surface area contributed by atoms with Gasteiger partial charge in [0.05, 0.1) is 6.61 Å². The first-order valence-corrected chi connectivity index (χ1v) is 8.11. The third kappa shape index (κ3) is 4.83. The van der Waals surface area contributed by atoms with Gasteiger partial charge in [-0.25, -0.2) is 4.79 Å². The molecule has 1 N–H and O–H groups in total. The highest BCUT2D eigenvalue weighted by molar-refractivity contribution is 5.79. The lowest BCUT2D eigenvalue weighted by Crippen LogP contribution is -2.39. The Bertz CT molecular complexity index is 768. The van der Waals surface area contributed by atoms with E-state index in [-0.39, 0.29) is 0 Å². The summed E-state index contributed by atoms with van der Waals surface area (Å²) in [5, 5.41) is 7.30. The predicted molar refractivity (Wildman–Crippen MR) is 96.9 cm³/mol. The third-order valence-electron chi connectivity index (χ3n) is 3.54. The van der Waals surface area contributed by atoms with Crippen LogP contribution in [0.4, 0.5) is 0 Å². The molecular weight excluding hydrogens is 318 g/mol. The van der Waals surface area contributed by atoms with Crippen molar-refractivity contribution in [2.24, 2.45) is 0 Å². The Morgan fingerprint density at radius 1 is 1.16 bits per heavy atom. The minimum absolute atomic E-state index is 0.312. The maximum atomic E-state index is 12.0. The van der Waals surface area contributed by atoms with Gasteiger partial charge in [-0.15, -0.1) is 0 Å². The summed E-state index contributed by atoms with van der Waals surface area (Å²) in [6.07, 6.45) is 1.27. The van der Waals surface area contributed by atoms with E-state index in [1.54, 1.807) is 39.0 Å². The van der Waals surface area contributed by atoms with Crippen LogP contribution >= 0.6 is 0 Å². The summed E-state index contributed by atoms with van der Waals surface area (Å²) in [7, 11) is 0. The van der Waals surface area contributed by atoms with Crippen LogP contribution in [0.25, 0.3) is 0 Å². The Morgan fingerprint density at radius 3 is 2.52 bits per heavy atom. The SMILES string of the molecule is CCOC(=O)C(C)(C)Oc1ccc(Oc2cccc(C=N)c2)cc1C. The zero-order chi connectivity index (χ0) is 18.4. The molecule has 5 heteroatoms. The molecular formula is C20H23NO4. The Hall–Kier alpha value is -2.82. The van der Waals surface area contributed by atoms with Crippen molar-refractivity contribution in [1.29, 1.82) is 5.41 Å². The molecule has 0 aromatic heterocycles. The number of rotatable bonds is 7. The van der Waals surface area contributed by atoms with Crippen molar-refractivity contribution in [2.75, 3.05) is 6.61 Å². The monoisotopic (exact) mass is 341 g/mol. The molecule has 0 atom stereocenters. The minimum atomic E-state index is -1.07. The minimum Gasteiger partial charge on any atom is -0.476 e. The van der Waals surface area contributed by atoms with E-state index in [1.807, 2.05) is 31.2 Å². The predicted octanol–water partition coefficient (Wildman–Crippen LogP) is 4.51. The summed E-state index contributed by atoms with van der Waals surface area (Å²) < 4.78 is 16.7. The fourth-order valence-corrected chi connectivity index (χ4v) is 2.23. The third-order valence-corrected chi connectivity index (χ3v) is 3.54. The number of benzene rings is 2. The largest absolute Gasteiger partial charge is 0.476 e. The van der Waals surface area contributed by atoms with Crippen LogP contribution in [0.1, 0.15) is 31.9 Å². The van der Waals surface area contributed by atoms with E-state index in [2.05, 4.69) is 0 Å². The van der Waals surface area contributed by atoms with Crippen molar-refractivity contribution >= 4 is 12.2 Å². The number of nitrogens with one attached hydrogen (secondary N) is 1. The van der Waals surface area contributed by atoms with Crippen LogP contribution in [-0.2, 0) is 9.53 Å². The Morgan fingerprint density at radius 2 is 1.88 bits per heavy atom. The van der Waals surface area contributed by atoms with Gasteiger partial charge in [0, 0.05) is 6.21 Å². The van der Waals surface area contributed by atoms with Crippen molar-refractivity contribution in [3.05, 3.63) is 53.6 Å². The quantitative estimate of drug-likeness (QED) is 0.594. The Labute approximate surface area is 148 Å². The summed E-state index contributed by atoms with van der Waals surface area (Å²) in [6, 6.07) is 12.7. The lowest BCUT2D eigenvalue weighted by atomic mass is 10.1. The van der Waals surface area contributed by atoms with Crippen LogP contribution in [0.5, 0.6) is 17.2 Å². The van der Waals surface area contributed by atoms with E-state index >= 15 is 0 Å². The summed E-state index contributed by atoms with van der Waals surface area (Å²) >= 11 is 0. The maximum Gasteiger partial charge on any atom is 0.349 e. The second-order valence-corrected chi connectivity index (χ2v) is 6.08. The second-order valence-electron chi connectivity index (χ2n) is 6.08. The molecule has 5 nitrogen and oxygen atoms in total. The molecule has 0 heterocycles. The molecule has 2 aromatic carbocycles. The van der Waals surface area contributed by atoms with Gasteiger partial charge in [0.15, 0.2) is 5.60 Å². The topological polar surface area (TPSA) is 68.6 Å². The Kier molecular flexibility index (Phi) is 5.80. The van der Waals surface area contributed by atoms with Gasteiger partial charge in [0.1, 0.15) is 17.2 Å². The number of ether oxygens (including phenoxy) is 3. The van der Waals surface area contributed by atoms with Gasteiger partial charge in [-0.2, -0.15) is 0 Å². The number of carbonyl (C=O) groups excluding carboxylic acids is 1. The lowest BCUT2D eigenvalue weighted by Gasteiger charge is -2.25. The maximum absolute atomic E-state index is 12.0. The second kappa shape index (κ2) is 7.83. The standard InChI is InChI=1S/C20H23NO4/c1-5-23-19(22)20(3,4)25-18-10-9-17(11-14(18)2)24-16-8-6-7-15(12-16)13-21/h6-13,21H,5H2,1-4H3. The Balaban J connectivity index is 2.14. The average molecular weight is 341 g/mol. The van der Waals surface area contributed by atoms with Gasteiger partial charge in [-0.1, -0.05) is 12.1 Å². The highest BCUT2D eigenvalue weighted by Gasteiger charge is 2.32. The molecule has 0 amide bonds. The molecule has 0 radical (unpaired) electrons. The van der Waals surface area contributed by atoms with Crippen molar-refractivity contribution < 1.29 is 19.0 Å². The van der Waals surface area contributed by atoms with E-state index in [9.17, 15) is 4.79 Å². The number of carbonyl (C=O) groups is 1. The van der Waals surface area contributed by atoms with Crippen LogP contribution in [0.2, 0.25) is 0 Å². The first kappa shape index (κ1) is 18.5. The normalized spacial score (nSPS) is 10.9. The van der Waals surface area contributed by atoms with Gasteiger partial charge in [-0.3, -0.25) is 0 Å². The summed E-state index contributed by atoms with van der Waals surface area (Å²) in [5.74, 6) is 1.50. The summed E-state index contributed by atoms with van der Waals surface area (Å²) in [5.41, 5.74) is 0.546. The lowest BCUT2D eigenvalue weighted by molar-refractivity contribution is -0.158. The zero-order valence-electron chi connectivity index (χ0n) is 15.0. The highest BCUT2D eigenvalue weighted by Crippen LogP contribution is 2.30. The molecule has 0 aliphatic carbocycles. The fraction of sp³-hybridized carbons (Fsp3) is 0.300. The van der Waals surface area contributed by atoms with Crippen molar-refractivity contribution in [1.82, 2.24) is 0 Å². The van der Waals surface area contributed by atoms with Crippen LogP contribution in [0.15, 0.2) is 42.5 Å². The van der Waals surface area contributed by atoms with Crippen molar-refractivity contribution in [3.8, 4) is 17.2 Å². The van der Waals surface area contributed by atoms with Gasteiger partial charge >= 0.3 is 5.97 Å². The van der Waals surface area contributed by atoms with Crippen LogP contribution in [-0.4, -0.2) is 24.4 Å². The zero-order valence-corrected chi connectivity index (χ0v) is 15.0. The van der Waals surface area contributed by atoms with Crippen LogP contribution < -0.4 is 9.47 Å². The summed E-state index contributed by atoms with van der Waals surface area (Å²) in [4.78, 5) is 12.0. The fourth-order valence-electron chi connectivity index (χ4n) is 2.23. The molecule has 25 heavy (non-hydrogen) atoms. The smallest absolute Gasteiger partial charge is 0.349 e. The van der Waals surface area contributed by atoms with Crippen molar-refractivity contribution in [2.45, 2.75) is 33.3 Å². The first-order chi connectivity index (χ1) is 11.9. The summed E-state index contributed by atoms with van der Waals surface area (Å²) in [6.45, 7) is 7.32. The van der Waals surface area contributed by atoms with Crippen molar-refractivity contribution in [3.63, 3.8) is 0 Å². The molecule has 132 valence electrons. The van der Waals surface area contributed by atoms with Gasteiger partial charge in [0.2, 0.25) is 0 Å². The first-order valence-electron chi connectivity index (χ1n) is 8.11. The molecule has 2 aromatic rings.